The van der Waals surface area contributed by atoms with E-state index < -0.39 is 12.2 Å². The molecule has 2 nitrogen and oxygen atoms in total. The zero-order valence-electron chi connectivity index (χ0n) is 7.98. The molecule has 0 aliphatic rings. The molecule has 1 aromatic carbocycles. The molecule has 16 heavy (non-hydrogen) atoms. The lowest BCUT2D eigenvalue weighted by molar-refractivity contribution is -0.155. The molecule has 0 fully saturated rings. The van der Waals surface area contributed by atoms with Crippen LogP contribution in [-0.2, 0) is 6.42 Å². The predicted octanol–water partition coefficient (Wildman–Crippen LogP) is 2.93. The number of nitrogens with two attached hydrogens (primary N) is 1. The summed E-state index contributed by atoms with van der Waals surface area (Å²) in [4.78, 5) is 0. The van der Waals surface area contributed by atoms with E-state index >= 15 is 0 Å². The van der Waals surface area contributed by atoms with Crippen LogP contribution in [0.1, 0.15) is 5.56 Å². The summed E-state index contributed by atoms with van der Waals surface area (Å²) in [6.07, 6.45) is -4.70. The van der Waals surface area contributed by atoms with Gasteiger partial charge in [0.05, 0.1) is 10.0 Å². The highest BCUT2D eigenvalue weighted by Crippen LogP contribution is 2.26. The standard InChI is InChI=1S/C9H9Cl2F3N2/c10-6-2-1-5(3-7(6)11)4-8(16-15)9(12,13)14/h1-3,8,16H,4,15H2. The van der Waals surface area contributed by atoms with Gasteiger partial charge in [-0.1, -0.05) is 29.3 Å². The van der Waals surface area contributed by atoms with Crippen molar-refractivity contribution in [3.8, 4) is 0 Å². The van der Waals surface area contributed by atoms with E-state index in [1.54, 1.807) is 5.43 Å². The van der Waals surface area contributed by atoms with Gasteiger partial charge in [-0.25, -0.2) is 5.43 Å². The van der Waals surface area contributed by atoms with Gasteiger partial charge in [0, 0.05) is 0 Å². The quantitative estimate of drug-likeness (QED) is 0.656. The Morgan fingerprint density at radius 1 is 1.25 bits per heavy atom. The molecule has 0 aliphatic heterocycles. The molecule has 0 bridgehead atoms. The van der Waals surface area contributed by atoms with Crippen LogP contribution in [-0.4, -0.2) is 12.2 Å². The molecule has 1 atom stereocenters. The molecule has 0 radical (unpaired) electrons. The first kappa shape index (κ1) is 13.6. The van der Waals surface area contributed by atoms with Crippen LogP contribution in [0.25, 0.3) is 0 Å². The largest absolute Gasteiger partial charge is 0.405 e. The number of hydrazine groups is 1. The first-order valence-corrected chi connectivity index (χ1v) is 5.07. The van der Waals surface area contributed by atoms with Crippen molar-refractivity contribution in [2.24, 2.45) is 5.84 Å². The molecule has 0 saturated heterocycles. The molecule has 1 rings (SSSR count). The van der Waals surface area contributed by atoms with E-state index in [1.807, 2.05) is 0 Å². The van der Waals surface area contributed by atoms with Gasteiger partial charge in [0.25, 0.3) is 0 Å². The molecule has 0 heterocycles. The summed E-state index contributed by atoms with van der Waals surface area (Å²) in [5.74, 6) is 4.85. The molecule has 0 spiro atoms. The highest BCUT2D eigenvalue weighted by Gasteiger charge is 2.38. The van der Waals surface area contributed by atoms with Gasteiger partial charge in [0.1, 0.15) is 6.04 Å². The molecule has 90 valence electrons. The van der Waals surface area contributed by atoms with Gasteiger partial charge in [-0.2, -0.15) is 13.2 Å². The van der Waals surface area contributed by atoms with E-state index in [0.29, 0.717) is 10.6 Å². The Bertz CT molecular complexity index is 368. The Hall–Kier alpha value is -0.490. The maximum Gasteiger partial charge on any atom is 0.405 e. The number of rotatable bonds is 3. The summed E-state index contributed by atoms with van der Waals surface area (Å²) >= 11 is 11.3. The molecule has 7 heteroatoms. The second kappa shape index (κ2) is 5.23. The molecular formula is C9H9Cl2F3N2. The second-order valence-electron chi connectivity index (χ2n) is 3.21. The van der Waals surface area contributed by atoms with Crippen molar-refractivity contribution >= 4 is 23.2 Å². The zero-order valence-corrected chi connectivity index (χ0v) is 9.50. The molecule has 0 saturated carbocycles. The van der Waals surface area contributed by atoms with Crippen LogP contribution in [0.2, 0.25) is 10.0 Å². The number of halogens is 5. The van der Waals surface area contributed by atoms with Crippen molar-refractivity contribution in [2.45, 2.75) is 18.6 Å². The van der Waals surface area contributed by atoms with Crippen molar-refractivity contribution in [3.63, 3.8) is 0 Å². The van der Waals surface area contributed by atoms with Crippen LogP contribution in [0.3, 0.4) is 0 Å². The summed E-state index contributed by atoms with van der Waals surface area (Å²) < 4.78 is 37.2. The molecule has 0 amide bonds. The smallest absolute Gasteiger partial charge is 0.271 e. The van der Waals surface area contributed by atoms with Gasteiger partial charge in [0.2, 0.25) is 0 Å². The average Bonchev–Trinajstić information content (AvgIpc) is 2.18. The van der Waals surface area contributed by atoms with E-state index in [2.05, 4.69) is 0 Å². The normalized spacial score (nSPS) is 13.9. The van der Waals surface area contributed by atoms with Crippen LogP contribution < -0.4 is 11.3 Å². The summed E-state index contributed by atoms with van der Waals surface area (Å²) in [5, 5.41) is 0.520. The monoisotopic (exact) mass is 272 g/mol. The fourth-order valence-corrected chi connectivity index (χ4v) is 1.49. The van der Waals surface area contributed by atoms with Gasteiger partial charge < -0.3 is 0 Å². The summed E-state index contributed by atoms with van der Waals surface area (Å²) in [6, 6.07) is 2.51. The SMILES string of the molecule is NNC(Cc1ccc(Cl)c(Cl)c1)C(F)(F)F. The average molecular weight is 273 g/mol. The molecule has 3 N–H and O–H groups in total. The minimum atomic E-state index is -4.40. The number of benzene rings is 1. The summed E-state index contributed by atoms with van der Waals surface area (Å²) in [7, 11) is 0. The van der Waals surface area contributed by atoms with Crippen molar-refractivity contribution in [3.05, 3.63) is 33.8 Å². The van der Waals surface area contributed by atoms with Crippen molar-refractivity contribution in [1.29, 1.82) is 0 Å². The Balaban J connectivity index is 2.83. The van der Waals surface area contributed by atoms with E-state index in [9.17, 15) is 13.2 Å². The van der Waals surface area contributed by atoms with Crippen molar-refractivity contribution in [1.82, 2.24) is 5.43 Å². The fourth-order valence-electron chi connectivity index (χ4n) is 1.17. The minimum Gasteiger partial charge on any atom is -0.271 e. The number of alkyl halides is 3. The lowest BCUT2D eigenvalue weighted by Crippen LogP contribution is -2.47. The van der Waals surface area contributed by atoms with Crippen molar-refractivity contribution in [2.75, 3.05) is 0 Å². The van der Waals surface area contributed by atoms with Gasteiger partial charge in [0.15, 0.2) is 0 Å². The summed E-state index contributed by atoms with van der Waals surface area (Å²) in [6.45, 7) is 0. The van der Waals surface area contributed by atoms with Crippen LogP contribution in [0.15, 0.2) is 18.2 Å². The van der Waals surface area contributed by atoms with Crippen LogP contribution in [0, 0.1) is 0 Å². The lowest BCUT2D eigenvalue weighted by Gasteiger charge is -2.19. The predicted molar refractivity (Wildman–Crippen MR) is 57.3 cm³/mol. The minimum absolute atomic E-state index is 0.220. The van der Waals surface area contributed by atoms with Crippen molar-refractivity contribution < 1.29 is 13.2 Å². The lowest BCUT2D eigenvalue weighted by atomic mass is 10.1. The highest BCUT2D eigenvalue weighted by molar-refractivity contribution is 6.42. The Kier molecular flexibility index (Phi) is 4.43. The number of hydrogen-bond donors (Lipinski definition) is 2. The molecule has 0 aromatic heterocycles. The Morgan fingerprint density at radius 3 is 2.31 bits per heavy atom. The van der Waals surface area contributed by atoms with Gasteiger partial charge in [-0.05, 0) is 24.1 Å². The third kappa shape index (κ3) is 3.52. The molecule has 1 unspecified atom stereocenters. The Morgan fingerprint density at radius 2 is 1.88 bits per heavy atom. The first-order chi connectivity index (χ1) is 7.34. The first-order valence-electron chi connectivity index (χ1n) is 4.31. The highest BCUT2D eigenvalue weighted by atomic mass is 35.5. The number of hydrogen-bond acceptors (Lipinski definition) is 2. The van der Waals surface area contributed by atoms with Crippen LogP contribution >= 0.6 is 23.2 Å². The van der Waals surface area contributed by atoms with Gasteiger partial charge in [-0.15, -0.1) is 0 Å². The third-order valence-corrected chi connectivity index (χ3v) is 2.76. The van der Waals surface area contributed by atoms with E-state index in [-0.39, 0.29) is 11.4 Å². The van der Waals surface area contributed by atoms with Gasteiger partial charge >= 0.3 is 6.18 Å². The van der Waals surface area contributed by atoms with Crippen LogP contribution in [0.5, 0.6) is 0 Å². The fraction of sp³-hybridized carbons (Fsp3) is 0.333. The maximum absolute atomic E-state index is 12.4. The number of nitrogens with one attached hydrogen (secondary N) is 1. The van der Waals surface area contributed by atoms with Crippen LogP contribution in [0.4, 0.5) is 13.2 Å². The Labute approximate surface area is 100 Å². The van der Waals surface area contributed by atoms with Gasteiger partial charge in [-0.3, -0.25) is 5.84 Å². The third-order valence-electron chi connectivity index (χ3n) is 2.02. The maximum atomic E-state index is 12.4. The van der Waals surface area contributed by atoms with E-state index in [0.717, 1.165) is 0 Å². The molecular weight excluding hydrogens is 264 g/mol. The molecule has 1 aromatic rings. The van der Waals surface area contributed by atoms with E-state index in [4.69, 9.17) is 29.0 Å². The second-order valence-corrected chi connectivity index (χ2v) is 4.03. The van der Waals surface area contributed by atoms with E-state index in [1.165, 1.54) is 18.2 Å². The zero-order chi connectivity index (χ0) is 12.3. The molecule has 0 aliphatic carbocycles. The summed E-state index contributed by atoms with van der Waals surface area (Å²) in [5.41, 5.74) is 2.14. The topological polar surface area (TPSA) is 38.0 Å².